The first-order valence-electron chi connectivity index (χ1n) is 30.8. The Morgan fingerprint density at radius 3 is 0.976 bits per heavy atom. The normalized spacial score (nSPS) is 25.0. The highest BCUT2D eigenvalue weighted by Gasteiger charge is 2.53. The molecule has 0 bridgehead atoms. The molecule has 31 heteroatoms. The summed E-state index contributed by atoms with van der Waals surface area (Å²) in [7, 11) is -23.0. The molecule has 0 saturated carbocycles. The molecule has 0 aliphatic carbocycles. The van der Waals surface area contributed by atoms with Crippen molar-refractivity contribution in [2.45, 2.75) is 139 Å². The second-order valence-electron chi connectivity index (χ2n) is 23.8. The molecule has 0 atom stereocenters. The number of alkyl halides is 6. The van der Waals surface area contributed by atoms with Crippen molar-refractivity contribution in [3.8, 4) is 0 Å². The Hall–Kier alpha value is -1.34. The molecule has 1 N–H and O–H groups in total. The van der Waals surface area contributed by atoms with Gasteiger partial charge in [0.05, 0.1) is 11.1 Å². The SMILES string of the molecule is O=S(=O)([N-]S(=O)(=O)C(F)(F)F)C(F)(F)F.c1cc(N=P(N=P(N2CCCC2)(N2CCCC2)N2CCCC2)(N2CCCC2)N2CCCC2)c2c([NH+]=P(N=P(N3CCCC3)(N3CCCC3)N3CCCC3)(N3CCCC3)N3CCCC3)cccc2c1. The minimum absolute atomic E-state index is 0.778. The van der Waals surface area contributed by atoms with E-state index in [2.05, 4.69) is 83.1 Å². The maximum absolute atomic E-state index is 11.4. The first kappa shape index (κ1) is 63.2. The summed E-state index contributed by atoms with van der Waals surface area (Å²) in [6.07, 6.45) is 25.7. The van der Waals surface area contributed by atoms with E-state index in [0.29, 0.717) is 0 Å². The number of nitrogens with zero attached hydrogens (tertiary/aromatic N) is 14. The average Bonchev–Trinajstić information content (AvgIpc) is 2.75. The van der Waals surface area contributed by atoms with Crippen molar-refractivity contribution in [1.29, 1.82) is 0 Å². The van der Waals surface area contributed by atoms with Gasteiger partial charge in [0, 0.05) is 137 Å². The van der Waals surface area contributed by atoms with E-state index in [1.807, 2.05) is 0 Å². The van der Waals surface area contributed by atoms with E-state index in [9.17, 15) is 43.2 Å². The fourth-order valence-corrected chi connectivity index (χ4v) is 36.2. The van der Waals surface area contributed by atoms with Gasteiger partial charge in [-0.1, -0.05) is 24.3 Å². The van der Waals surface area contributed by atoms with Crippen LogP contribution < -0.4 is 4.74 Å². The number of nitrogens with one attached hydrogen (secondary N) is 1. The van der Waals surface area contributed by atoms with E-state index in [4.69, 9.17) is 18.5 Å². The molecule has 12 rings (SSSR count). The Kier molecular flexibility index (Phi) is 20.0. The lowest BCUT2D eigenvalue weighted by Crippen LogP contribution is -2.64. The minimum Gasteiger partial charge on any atom is -0.421 e. The molecule has 0 unspecified atom stereocenters. The summed E-state index contributed by atoms with van der Waals surface area (Å²) < 4.78 is 164. The van der Waals surface area contributed by atoms with Crippen LogP contribution in [0.5, 0.6) is 0 Å². The summed E-state index contributed by atoms with van der Waals surface area (Å²) in [5.74, 6) is 0. The Morgan fingerprint density at radius 2 is 0.663 bits per heavy atom. The summed E-state index contributed by atoms with van der Waals surface area (Å²) in [6, 6.07) is 14.3. The smallest absolute Gasteiger partial charge is 0.421 e. The van der Waals surface area contributed by atoms with Crippen LogP contribution in [0.1, 0.15) is 128 Å². The van der Waals surface area contributed by atoms with Crippen molar-refractivity contribution in [3.05, 3.63) is 40.5 Å². The third kappa shape index (κ3) is 12.6. The number of fused-ring (bicyclic) bond motifs is 1. The van der Waals surface area contributed by atoms with Crippen molar-refractivity contribution in [2.24, 2.45) is 13.8 Å². The zero-order valence-corrected chi connectivity index (χ0v) is 53.2. The Labute approximate surface area is 489 Å². The van der Waals surface area contributed by atoms with Crippen LogP contribution in [0.25, 0.3) is 14.9 Å². The molecule has 0 aromatic heterocycles. The topological polar surface area (TPSA) is 166 Å². The van der Waals surface area contributed by atoms with Crippen LogP contribution in [0.15, 0.2) is 50.2 Å². The molecule has 83 heavy (non-hydrogen) atoms. The summed E-state index contributed by atoms with van der Waals surface area (Å²) >= 11 is 0. The van der Waals surface area contributed by atoms with Crippen LogP contribution in [-0.4, -0.2) is 205 Å². The van der Waals surface area contributed by atoms with E-state index < -0.39 is 61.1 Å². The molecule has 10 aliphatic rings. The van der Waals surface area contributed by atoms with Crippen LogP contribution in [-0.2, 0) is 20.0 Å². The van der Waals surface area contributed by atoms with Crippen molar-refractivity contribution >= 4 is 72.2 Å². The second kappa shape index (κ2) is 26.2. The maximum Gasteiger partial charge on any atom is 0.480 e. The molecule has 10 aliphatic heterocycles. The molecule has 10 heterocycles. The third-order valence-corrected chi connectivity index (χ3v) is 37.6. The third-order valence-electron chi connectivity index (χ3n) is 18.3. The number of sulfonamides is 2. The quantitative estimate of drug-likeness (QED) is 0.125. The zero-order chi connectivity index (χ0) is 58.1. The highest BCUT2D eigenvalue weighted by Crippen LogP contribution is 2.75. The number of rotatable bonds is 16. The van der Waals surface area contributed by atoms with E-state index in [1.54, 1.807) is 0 Å². The van der Waals surface area contributed by atoms with Crippen LogP contribution in [0.4, 0.5) is 37.7 Å². The van der Waals surface area contributed by atoms with Crippen molar-refractivity contribution in [2.75, 3.05) is 131 Å². The van der Waals surface area contributed by atoms with Crippen LogP contribution in [0, 0.1) is 0 Å². The molecule has 2 aromatic carbocycles. The predicted molar refractivity (Wildman–Crippen MR) is 321 cm³/mol. The molecular formula is C52H87F6N15O4P4S2. The summed E-state index contributed by atoms with van der Waals surface area (Å²) in [5, 5.41) is 2.61. The average molecular weight is 1290 g/mol. The molecule has 0 amide bonds. The molecule has 2 aromatic rings. The van der Waals surface area contributed by atoms with Crippen LogP contribution in [0.3, 0.4) is 0 Å². The first-order valence-corrected chi connectivity index (χ1v) is 40.2. The Balaban J connectivity index is 0.000000424. The fraction of sp³-hybridized carbons (Fsp3) is 0.808. The number of hydrogen-bond acceptors (Lipinski definition) is 5. The number of halogens is 6. The van der Waals surface area contributed by atoms with Crippen LogP contribution >= 0.6 is 30.0 Å². The van der Waals surface area contributed by atoms with Gasteiger partial charge in [-0.25, -0.2) is 68.3 Å². The van der Waals surface area contributed by atoms with E-state index >= 15 is 0 Å². The fourth-order valence-electron chi connectivity index (χ4n) is 14.4. The maximum atomic E-state index is 11.4. The van der Waals surface area contributed by atoms with Gasteiger partial charge in [0.1, 0.15) is 0 Å². The van der Waals surface area contributed by atoms with Gasteiger partial charge in [-0.15, -0.1) is 0 Å². The summed E-state index contributed by atoms with van der Waals surface area (Å²) in [4.78, 5) is 0. The van der Waals surface area contributed by atoms with Crippen molar-refractivity contribution in [1.82, 2.24) is 46.7 Å². The van der Waals surface area contributed by atoms with Gasteiger partial charge in [0.15, 0.2) is 35.1 Å². The number of hydrogen-bond donors (Lipinski definition) is 1. The highest BCUT2D eigenvalue weighted by atomic mass is 32.3. The van der Waals surface area contributed by atoms with Gasteiger partial charge in [-0.2, -0.15) is 40.1 Å². The van der Waals surface area contributed by atoms with E-state index in [1.165, 1.54) is 229 Å². The largest absolute Gasteiger partial charge is 0.480 e. The standard InChI is InChI=1S/C50H86N14P4.C2F6NO4S2/c1-2-28-55(27-1)65(56-29-3-4-30-56,53-67(59-35-9-10-36-59,60-37-11-12-38-60)61-39-13-14-40-61)51-48-25-21-23-47-24-22-26-49(50(47)48)52-66(57-31-5-6-32-57,58-33-7-8-34-58)54-68(62-41-15-16-42-62,63-43-17-18-44-63)64-45-19-20-46-64;3-1(4,5)14(10,11)9-15(12,13)2(6,7)8/h21-26H,1-20,27-46H2;/q;-1/p+1. The Bertz CT molecular complexity index is 2720. The first-order chi connectivity index (χ1) is 39.8. The number of benzene rings is 2. The monoisotopic (exact) mass is 1290 g/mol. The lowest BCUT2D eigenvalue weighted by molar-refractivity contribution is -0.336. The Morgan fingerprint density at radius 1 is 0.386 bits per heavy atom. The van der Waals surface area contributed by atoms with E-state index in [-0.39, 0.29) is 0 Å². The lowest BCUT2D eigenvalue weighted by atomic mass is 10.1. The molecular weight excluding hydrogens is 1200 g/mol. The zero-order valence-electron chi connectivity index (χ0n) is 48.0. The lowest BCUT2D eigenvalue weighted by Gasteiger charge is -2.49. The molecule has 0 spiro atoms. The second-order valence-corrected chi connectivity index (χ2v) is 39.1. The molecule has 468 valence electrons. The summed E-state index contributed by atoms with van der Waals surface area (Å²) in [5.41, 5.74) is -9.97. The van der Waals surface area contributed by atoms with Crippen LogP contribution in [0.2, 0.25) is 0 Å². The van der Waals surface area contributed by atoms with Crippen molar-refractivity contribution < 1.29 is 47.9 Å². The van der Waals surface area contributed by atoms with Gasteiger partial charge < -0.3 is 4.13 Å². The molecule has 0 radical (unpaired) electrons. The van der Waals surface area contributed by atoms with Gasteiger partial charge >= 0.3 is 18.5 Å². The van der Waals surface area contributed by atoms with E-state index in [0.717, 1.165) is 56.5 Å². The highest BCUT2D eigenvalue weighted by molar-refractivity contribution is 8.13. The predicted octanol–water partition coefficient (Wildman–Crippen LogP) is 12.0. The summed E-state index contributed by atoms with van der Waals surface area (Å²) in [6.45, 7) is 23.3. The molecule has 10 saturated heterocycles. The minimum atomic E-state index is -6.72. The van der Waals surface area contributed by atoms with Gasteiger partial charge in [-0.3, -0.25) is 0 Å². The van der Waals surface area contributed by atoms with Crippen molar-refractivity contribution in [3.63, 3.8) is 0 Å². The molecule has 19 nitrogen and oxygen atoms in total. The van der Waals surface area contributed by atoms with Gasteiger partial charge in [0.25, 0.3) is 0 Å². The van der Waals surface area contributed by atoms with Gasteiger partial charge in [0.2, 0.25) is 13.2 Å². The van der Waals surface area contributed by atoms with Gasteiger partial charge in [-0.05, 0) is 140 Å². The molecule has 10 fully saturated rings.